The first-order valence-corrected chi connectivity index (χ1v) is 10.7. The van der Waals surface area contributed by atoms with Crippen molar-refractivity contribution in [3.8, 4) is 17.2 Å². The third kappa shape index (κ3) is 4.42. The molecule has 0 spiro atoms. The van der Waals surface area contributed by atoms with Gasteiger partial charge in [0.05, 0.1) is 27.2 Å². The van der Waals surface area contributed by atoms with Crippen LogP contribution in [-0.2, 0) is 4.79 Å². The van der Waals surface area contributed by atoms with Gasteiger partial charge in [0.25, 0.3) is 0 Å². The van der Waals surface area contributed by atoms with Gasteiger partial charge in [-0.05, 0) is 43.9 Å². The van der Waals surface area contributed by atoms with Crippen LogP contribution in [0.3, 0.4) is 0 Å². The lowest BCUT2D eigenvalue weighted by atomic mass is 9.87. The summed E-state index contributed by atoms with van der Waals surface area (Å²) in [5.74, 6) is 1.30. The number of carbonyl (C=O) groups excluding carboxylic acids is 2. The van der Waals surface area contributed by atoms with E-state index in [-0.39, 0.29) is 23.8 Å². The summed E-state index contributed by atoms with van der Waals surface area (Å²) in [5, 5.41) is 2.85. The molecule has 30 heavy (non-hydrogen) atoms. The van der Waals surface area contributed by atoms with E-state index < -0.39 is 0 Å². The molecule has 1 aromatic carbocycles. The number of hydrogen-bond acceptors (Lipinski definition) is 5. The molecule has 0 saturated carbocycles. The van der Waals surface area contributed by atoms with Crippen molar-refractivity contribution in [1.29, 1.82) is 0 Å². The molecule has 2 fully saturated rings. The summed E-state index contributed by atoms with van der Waals surface area (Å²) in [7, 11) is 4.72. The molecular formula is C22H33N3O5. The summed E-state index contributed by atoms with van der Waals surface area (Å²) in [6.45, 7) is 4.89. The van der Waals surface area contributed by atoms with Crippen LogP contribution in [0.2, 0.25) is 0 Å². The standard InChI is InChI=1S/C22H33N3O5/c1-5-23-22(27)25-13-16(17(14-25)21(26)24-9-7-6-8-10-24)15-11-18(28-2)20(30-4)19(12-15)29-3/h11-12,16-17H,5-10,13-14H2,1-4H3,(H,23,27)/t16-,17+/m1/s1. The normalized spacial score (nSPS) is 21.3. The molecule has 2 atom stereocenters. The van der Waals surface area contributed by atoms with Crippen molar-refractivity contribution in [2.75, 3.05) is 54.1 Å². The Labute approximate surface area is 178 Å². The first kappa shape index (κ1) is 22.1. The van der Waals surface area contributed by atoms with Gasteiger partial charge in [-0.15, -0.1) is 0 Å². The Bertz CT molecular complexity index is 738. The van der Waals surface area contributed by atoms with Crippen LogP contribution in [-0.4, -0.2) is 75.8 Å². The van der Waals surface area contributed by atoms with Crippen LogP contribution >= 0.6 is 0 Å². The van der Waals surface area contributed by atoms with E-state index in [0.717, 1.165) is 37.9 Å². The SMILES string of the molecule is CCNC(=O)N1C[C@H](C(=O)N2CCCCC2)[C@@H](c2cc(OC)c(OC)c(OC)c2)C1. The Morgan fingerprint density at radius 1 is 0.967 bits per heavy atom. The predicted molar refractivity (Wildman–Crippen MR) is 113 cm³/mol. The Hall–Kier alpha value is -2.64. The molecule has 2 heterocycles. The van der Waals surface area contributed by atoms with Gasteiger partial charge in [-0.2, -0.15) is 0 Å². The topological polar surface area (TPSA) is 80.3 Å². The molecular weight excluding hydrogens is 386 g/mol. The first-order valence-electron chi connectivity index (χ1n) is 10.7. The zero-order valence-corrected chi connectivity index (χ0v) is 18.4. The van der Waals surface area contributed by atoms with Gasteiger partial charge in [0.1, 0.15) is 0 Å². The monoisotopic (exact) mass is 419 g/mol. The van der Waals surface area contributed by atoms with E-state index in [1.54, 1.807) is 26.2 Å². The van der Waals surface area contributed by atoms with Crippen molar-refractivity contribution in [3.63, 3.8) is 0 Å². The molecule has 0 radical (unpaired) electrons. The smallest absolute Gasteiger partial charge is 0.317 e. The Morgan fingerprint density at radius 2 is 1.60 bits per heavy atom. The summed E-state index contributed by atoms with van der Waals surface area (Å²) >= 11 is 0. The van der Waals surface area contributed by atoms with Crippen LogP contribution in [0.5, 0.6) is 17.2 Å². The second-order valence-electron chi connectivity index (χ2n) is 7.80. The molecule has 0 bridgehead atoms. The van der Waals surface area contributed by atoms with Gasteiger partial charge in [-0.3, -0.25) is 4.79 Å². The molecule has 0 aliphatic carbocycles. The number of methoxy groups -OCH3 is 3. The fraction of sp³-hybridized carbons (Fsp3) is 0.636. The van der Waals surface area contributed by atoms with Crippen molar-refractivity contribution in [1.82, 2.24) is 15.1 Å². The van der Waals surface area contributed by atoms with E-state index >= 15 is 0 Å². The third-order valence-corrected chi connectivity index (χ3v) is 6.04. The van der Waals surface area contributed by atoms with Gasteiger partial charge in [-0.1, -0.05) is 0 Å². The van der Waals surface area contributed by atoms with Crippen LogP contribution in [0.1, 0.15) is 37.7 Å². The summed E-state index contributed by atoms with van der Waals surface area (Å²) in [4.78, 5) is 29.7. The average molecular weight is 420 g/mol. The van der Waals surface area contributed by atoms with E-state index in [0.29, 0.717) is 36.9 Å². The molecule has 2 aliphatic heterocycles. The molecule has 8 heteroatoms. The number of nitrogens with zero attached hydrogens (tertiary/aromatic N) is 2. The number of piperidine rings is 1. The lowest BCUT2D eigenvalue weighted by Gasteiger charge is -2.31. The minimum atomic E-state index is -0.298. The van der Waals surface area contributed by atoms with E-state index in [9.17, 15) is 9.59 Å². The highest BCUT2D eigenvalue weighted by atomic mass is 16.5. The number of urea groups is 1. The molecule has 8 nitrogen and oxygen atoms in total. The number of nitrogens with one attached hydrogen (secondary N) is 1. The number of rotatable bonds is 6. The fourth-order valence-corrected chi connectivity index (χ4v) is 4.48. The number of likely N-dealkylation sites (tertiary alicyclic amines) is 2. The summed E-state index contributed by atoms with van der Waals surface area (Å²) in [6, 6.07) is 3.65. The maximum absolute atomic E-state index is 13.4. The lowest BCUT2D eigenvalue weighted by Crippen LogP contribution is -2.43. The van der Waals surface area contributed by atoms with Crippen molar-refractivity contribution in [3.05, 3.63) is 17.7 Å². The minimum Gasteiger partial charge on any atom is -0.493 e. The fourth-order valence-electron chi connectivity index (χ4n) is 4.48. The quantitative estimate of drug-likeness (QED) is 0.766. The molecule has 3 rings (SSSR count). The number of ether oxygens (including phenoxy) is 3. The Balaban J connectivity index is 1.95. The second kappa shape index (κ2) is 9.91. The molecule has 1 N–H and O–H groups in total. The van der Waals surface area contributed by atoms with Crippen LogP contribution in [0.4, 0.5) is 4.79 Å². The van der Waals surface area contributed by atoms with Crippen molar-refractivity contribution >= 4 is 11.9 Å². The molecule has 3 amide bonds. The Kier molecular flexibility index (Phi) is 7.29. The highest BCUT2D eigenvalue weighted by Crippen LogP contribution is 2.43. The van der Waals surface area contributed by atoms with Gasteiger partial charge in [0.2, 0.25) is 11.7 Å². The van der Waals surface area contributed by atoms with Crippen LogP contribution in [0.15, 0.2) is 12.1 Å². The van der Waals surface area contributed by atoms with Crippen LogP contribution in [0, 0.1) is 5.92 Å². The number of amides is 3. The van der Waals surface area contributed by atoms with Gasteiger partial charge in [0, 0.05) is 38.6 Å². The van der Waals surface area contributed by atoms with E-state index in [4.69, 9.17) is 14.2 Å². The van der Waals surface area contributed by atoms with Crippen LogP contribution < -0.4 is 19.5 Å². The van der Waals surface area contributed by atoms with Crippen LogP contribution in [0.25, 0.3) is 0 Å². The molecule has 2 saturated heterocycles. The molecule has 0 unspecified atom stereocenters. The minimum absolute atomic E-state index is 0.125. The molecule has 2 aliphatic rings. The number of hydrogen-bond donors (Lipinski definition) is 1. The first-order chi connectivity index (χ1) is 14.5. The van der Waals surface area contributed by atoms with Gasteiger partial charge in [0.15, 0.2) is 11.5 Å². The number of carbonyl (C=O) groups is 2. The zero-order chi connectivity index (χ0) is 21.7. The van der Waals surface area contributed by atoms with Gasteiger partial charge < -0.3 is 29.3 Å². The maximum Gasteiger partial charge on any atom is 0.317 e. The lowest BCUT2D eigenvalue weighted by molar-refractivity contribution is -0.136. The highest BCUT2D eigenvalue weighted by molar-refractivity contribution is 5.83. The second-order valence-corrected chi connectivity index (χ2v) is 7.80. The van der Waals surface area contributed by atoms with Gasteiger partial charge >= 0.3 is 6.03 Å². The molecule has 0 aromatic heterocycles. The predicted octanol–water partition coefficient (Wildman–Crippen LogP) is 2.47. The maximum atomic E-state index is 13.4. The molecule has 1 aromatic rings. The Morgan fingerprint density at radius 3 is 2.13 bits per heavy atom. The highest BCUT2D eigenvalue weighted by Gasteiger charge is 2.42. The number of benzene rings is 1. The zero-order valence-electron chi connectivity index (χ0n) is 18.4. The van der Waals surface area contributed by atoms with E-state index in [2.05, 4.69) is 5.32 Å². The van der Waals surface area contributed by atoms with Gasteiger partial charge in [-0.25, -0.2) is 4.79 Å². The van der Waals surface area contributed by atoms with Crippen molar-refractivity contribution < 1.29 is 23.8 Å². The third-order valence-electron chi connectivity index (χ3n) is 6.04. The van der Waals surface area contributed by atoms with E-state index in [1.807, 2.05) is 24.0 Å². The largest absolute Gasteiger partial charge is 0.493 e. The van der Waals surface area contributed by atoms with Crippen molar-refractivity contribution in [2.45, 2.75) is 32.1 Å². The van der Waals surface area contributed by atoms with E-state index in [1.165, 1.54) is 0 Å². The summed E-state index contributed by atoms with van der Waals surface area (Å²) in [5.41, 5.74) is 0.909. The van der Waals surface area contributed by atoms with Crippen molar-refractivity contribution in [2.24, 2.45) is 5.92 Å². The summed E-state index contributed by atoms with van der Waals surface area (Å²) < 4.78 is 16.5. The summed E-state index contributed by atoms with van der Waals surface area (Å²) in [6.07, 6.45) is 3.23. The molecule has 166 valence electrons. The average Bonchev–Trinajstić information content (AvgIpc) is 3.24.